The van der Waals surface area contributed by atoms with Crippen molar-refractivity contribution < 1.29 is 9.53 Å². The predicted octanol–water partition coefficient (Wildman–Crippen LogP) is 4.00. The van der Waals surface area contributed by atoms with Crippen LogP contribution >= 0.6 is 23.2 Å². The highest BCUT2D eigenvalue weighted by Gasteiger charge is 2.08. The average molecular weight is 324 g/mol. The van der Waals surface area contributed by atoms with Gasteiger partial charge in [-0.15, -0.1) is 0 Å². The van der Waals surface area contributed by atoms with E-state index in [1.807, 2.05) is 31.2 Å². The van der Waals surface area contributed by atoms with Crippen LogP contribution in [-0.4, -0.2) is 12.5 Å². The van der Waals surface area contributed by atoms with Crippen molar-refractivity contribution in [1.82, 2.24) is 5.32 Å². The number of aryl methyl sites for hydroxylation is 1. The number of halogens is 2. The molecular weight excluding hydrogens is 309 g/mol. The topological polar surface area (TPSA) is 38.3 Å². The maximum absolute atomic E-state index is 11.7. The van der Waals surface area contributed by atoms with Crippen molar-refractivity contribution in [2.75, 3.05) is 6.61 Å². The minimum Gasteiger partial charge on any atom is -0.482 e. The molecule has 0 fully saturated rings. The first kappa shape index (κ1) is 15.7. The highest BCUT2D eigenvalue weighted by Crippen LogP contribution is 2.31. The first-order chi connectivity index (χ1) is 10.1. The van der Waals surface area contributed by atoms with Crippen molar-refractivity contribution in [1.29, 1.82) is 0 Å². The zero-order valence-corrected chi connectivity index (χ0v) is 13.0. The number of benzene rings is 2. The molecule has 0 spiro atoms. The third kappa shape index (κ3) is 4.66. The van der Waals surface area contributed by atoms with Gasteiger partial charge in [0.25, 0.3) is 5.91 Å². The van der Waals surface area contributed by atoms with E-state index in [2.05, 4.69) is 5.32 Å². The predicted molar refractivity (Wildman–Crippen MR) is 85.0 cm³/mol. The van der Waals surface area contributed by atoms with Gasteiger partial charge in [-0.25, -0.2) is 0 Å². The van der Waals surface area contributed by atoms with Crippen LogP contribution < -0.4 is 10.1 Å². The number of carbonyl (C=O) groups excluding carboxylic acids is 1. The van der Waals surface area contributed by atoms with Gasteiger partial charge >= 0.3 is 0 Å². The lowest BCUT2D eigenvalue weighted by Gasteiger charge is -2.09. The lowest BCUT2D eigenvalue weighted by Crippen LogP contribution is -2.28. The van der Waals surface area contributed by atoms with Crippen LogP contribution in [0.15, 0.2) is 42.5 Å². The molecule has 0 aliphatic carbocycles. The molecule has 0 aliphatic rings. The summed E-state index contributed by atoms with van der Waals surface area (Å²) in [4.78, 5) is 11.7. The fourth-order valence-electron chi connectivity index (χ4n) is 1.70. The molecule has 0 heterocycles. The Morgan fingerprint density at radius 2 is 1.86 bits per heavy atom. The minimum atomic E-state index is -0.216. The Balaban J connectivity index is 1.82. The Labute approximate surface area is 133 Å². The van der Waals surface area contributed by atoms with Gasteiger partial charge in [-0.1, -0.05) is 59.1 Å². The van der Waals surface area contributed by atoms with E-state index in [9.17, 15) is 4.79 Å². The Kier molecular flexibility index (Phi) is 5.48. The molecule has 0 bridgehead atoms. The van der Waals surface area contributed by atoms with Crippen molar-refractivity contribution in [3.63, 3.8) is 0 Å². The molecule has 5 heteroatoms. The number of hydrogen-bond acceptors (Lipinski definition) is 2. The quantitative estimate of drug-likeness (QED) is 0.903. The summed E-state index contributed by atoms with van der Waals surface area (Å²) < 4.78 is 5.36. The van der Waals surface area contributed by atoms with Crippen molar-refractivity contribution in [3.8, 4) is 5.75 Å². The van der Waals surface area contributed by atoms with E-state index < -0.39 is 0 Å². The van der Waals surface area contributed by atoms with Crippen molar-refractivity contribution in [2.24, 2.45) is 0 Å². The van der Waals surface area contributed by atoms with E-state index in [4.69, 9.17) is 27.9 Å². The van der Waals surface area contributed by atoms with E-state index >= 15 is 0 Å². The van der Waals surface area contributed by atoms with Gasteiger partial charge in [0, 0.05) is 6.54 Å². The van der Waals surface area contributed by atoms with Crippen LogP contribution in [0.1, 0.15) is 11.1 Å². The van der Waals surface area contributed by atoms with Gasteiger partial charge in [0.2, 0.25) is 0 Å². The van der Waals surface area contributed by atoms with E-state index in [1.165, 1.54) is 5.56 Å². The van der Waals surface area contributed by atoms with E-state index in [0.717, 1.165) is 5.56 Å². The molecule has 0 radical (unpaired) electrons. The number of rotatable bonds is 5. The lowest BCUT2D eigenvalue weighted by atomic mass is 10.1. The molecule has 1 N–H and O–H groups in total. The van der Waals surface area contributed by atoms with Crippen molar-refractivity contribution in [3.05, 3.63) is 63.6 Å². The van der Waals surface area contributed by atoms with Gasteiger partial charge in [-0.2, -0.15) is 0 Å². The van der Waals surface area contributed by atoms with Crippen molar-refractivity contribution >= 4 is 29.1 Å². The largest absolute Gasteiger partial charge is 0.482 e. The normalized spacial score (nSPS) is 10.2. The molecule has 2 aromatic carbocycles. The monoisotopic (exact) mass is 323 g/mol. The zero-order valence-electron chi connectivity index (χ0n) is 11.5. The zero-order chi connectivity index (χ0) is 15.2. The number of carbonyl (C=O) groups is 1. The summed E-state index contributed by atoms with van der Waals surface area (Å²) in [7, 11) is 0. The maximum Gasteiger partial charge on any atom is 0.258 e. The van der Waals surface area contributed by atoms with Crippen molar-refractivity contribution in [2.45, 2.75) is 13.5 Å². The summed E-state index contributed by atoms with van der Waals surface area (Å²) in [6, 6.07) is 13.0. The highest BCUT2D eigenvalue weighted by atomic mass is 35.5. The highest BCUT2D eigenvalue weighted by molar-refractivity contribution is 6.42. The van der Waals surface area contributed by atoms with Crippen LogP contribution in [0.4, 0.5) is 0 Å². The van der Waals surface area contributed by atoms with Crippen LogP contribution in [0.3, 0.4) is 0 Å². The van der Waals surface area contributed by atoms with Crippen LogP contribution in [0.25, 0.3) is 0 Å². The molecule has 0 saturated heterocycles. The number of ether oxygens (including phenoxy) is 1. The molecule has 0 atom stereocenters. The Morgan fingerprint density at radius 1 is 1.14 bits per heavy atom. The summed E-state index contributed by atoms with van der Waals surface area (Å²) in [6.45, 7) is 2.38. The van der Waals surface area contributed by atoms with Gasteiger partial charge in [0.05, 0.1) is 5.02 Å². The van der Waals surface area contributed by atoms with Crippen LogP contribution in [0, 0.1) is 6.92 Å². The first-order valence-electron chi connectivity index (χ1n) is 6.45. The van der Waals surface area contributed by atoms with Gasteiger partial charge < -0.3 is 10.1 Å². The van der Waals surface area contributed by atoms with E-state index in [0.29, 0.717) is 22.3 Å². The van der Waals surface area contributed by atoms with E-state index in [-0.39, 0.29) is 12.5 Å². The molecule has 110 valence electrons. The molecule has 2 rings (SSSR count). The molecule has 0 unspecified atom stereocenters. The Hall–Kier alpha value is -1.71. The smallest absolute Gasteiger partial charge is 0.258 e. The second-order valence-corrected chi connectivity index (χ2v) is 5.39. The molecule has 0 saturated carbocycles. The van der Waals surface area contributed by atoms with Crippen LogP contribution in [0.2, 0.25) is 10.0 Å². The molecule has 21 heavy (non-hydrogen) atoms. The standard InChI is InChI=1S/C16H15Cl2NO2/c1-11-5-7-12(8-6-11)9-19-15(20)10-21-14-4-2-3-13(17)16(14)18/h2-8H,9-10H2,1H3,(H,19,20). The molecular formula is C16H15Cl2NO2. The van der Waals surface area contributed by atoms with Gasteiger partial charge in [0.15, 0.2) is 6.61 Å². The fraction of sp³-hybridized carbons (Fsp3) is 0.188. The summed E-state index contributed by atoms with van der Waals surface area (Å²) in [5.74, 6) is 0.182. The molecule has 2 aromatic rings. The second-order valence-electron chi connectivity index (χ2n) is 4.60. The number of amides is 1. The van der Waals surface area contributed by atoms with Gasteiger partial charge in [-0.05, 0) is 24.6 Å². The average Bonchev–Trinajstić information content (AvgIpc) is 2.48. The summed E-state index contributed by atoms with van der Waals surface area (Å²) in [5.41, 5.74) is 2.22. The van der Waals surface area contributed by atoms with Gasteiger partial charge in [0.1, 0.15) is 10.8 Å². The summed E-state index contributed by atoms with van der Waals surface area (Å²) in [6.07, 6.45) is 0. The number of hydrogen-bond donors (Lipinski definition) is 1. The SMILES string of the molecule is Cc1ccc(CNC(=O)COc2cccc(Cl)c2Cl)cc1. The van der Waals surface area contributed by atoms with E-state index in [1.54, 1.807) is 18.2 Å². The molecule has 0 aromatic heterocycles. The fourth-order valence-corrected chi connectivity index (χ4v) is 2.04. The molecule has 1 amide bonds. The van der Waals surface area contributed by atoms with Gasteiger partial charge in [-0.3, -0.25) is 4.79 Å². The Morgan fingerprint density at radius 3 is 2.57 bits per heavy atom. The van der Waals surface area contributed by atoms with Crippen LogP contribution in [0.5, 0.6) is 5.75 Å². The molecule has 3 nitrogen and oxygen atoms in total. The molecule has 0 aliphatic heterocycles. The maximum atomic E-state index is 11.7. The van der Waals surface area contributed by atoms with Crippen LogP contribution in [-0.2, 0) is 11.3 Å². The second kappa shape index (κ2) is 7.34. The Bertz CT molecular complexity index is 627. The first-order valence-corrected chi connectivity index (χ1v) is 7.21. The summed E-state index contributed by atoms with van der Waals surface area (Å²) >= 11 is 11.8. The third-order valence-electron chi connectivity index (χ3n) is 2.89. The summed E-state index contributed by atoms with van der Waals surface area (Å²) in [5, 5.41) is 3.49. The minimum absolute atomic E-state index is 0.105. The number of nitrogens with one attached hydrogen (secondary N) is 1. The lowest BCUT2D eigenvalue weighted by molar-refractivity contribution is -0.123. The third-order valence-corrected chi connectivity index (χ3v) is 3.69.